The fourth-order valence-electron chi connectivity index (χ4n) is 3.21. The molecule has 0 atom stereocenters. The smallest absolute Gasteiger partial charge is 0.130 e. The van der Waals surface area contributed by atoms with E-state index in [0.717, 1.165) is 37.4 Å². The highest BCUT2D eigenvalue weighted by atomic mass is 35.5. The first-order valence-electron chi connectivity index (χ1n) is 8.90. The lowest BCUT2D eigenvalue weighted by molar-refractivity contribution is 0.128. The van der Waals surface area contributed by atoms with Crippen LogP contribution >= 0.6 is 11.6 Å². The molecule has 0 unspecified atom stereocenters. The minimum atomic E-state index is -0.0149. The van der Waals surface area contributed by atoms with Crippen molar-refractivity contribution in [3.63, 3.8) is 0 Å². The van der Waals surface area contributed by atoms with Gasteiger partial charge in [-0.1, -0.05) is 23.7 Å². The number of piperazine rings is 1. The first-order valence-corrected chi connectivity index (χ1v) is 9.28. The van der Waals surface area contributed by atoms with Crippen molar-refractivity contribution in [2.24, 2.45) is 0 Å². The van der Waals surface area contributed by atoms with E-state index in [1.165, 1.54) is 11.8 Å². The summed E-state index contributed by atoms with van der Waals surface area (Å²) < 4.78 is 0. The Morgan fingerprint density at radius 2 is 1.81 bits per heavy atom. The number of nitrogens with zero attached hydrogens (tertiary/aromatic N) is 3. The Hall–Kier alpha value is -2.11. The summed E-state index contributed by atoms with van der Waals surface area (Å²) in [4.78, 5) is 12.5. The summed E-state index contributed by atoms with van der Waals surface area (Å²) in [7, 11) is 0. The molecule has 1 aromatic heterocycles. The molecule has 3 rings (SSSR count). The maximum atomic E-state index is 7.21. The Morgan fingerprint density at radius 3 is 2.38 bits per heavy atom. The number of aromatic nitrogens is 2. The zero-order valence-corrected chi connectivity index (χ0v) is 16.3. The molecule has 0 spiro atoms. The summed E-state index contributed by atoms with van der Waals surface area (Å²) in [5, 5.41) is 7.20. The van der Waals surface area contributed by atoms with Crippen LogP contribution in [0.1, 0.15) is 26.6 Å². The highest BCUT2D eigenvalue weighted by molar-refractivity contribution is 6.67. The fourth-order valence-corrected chi connectivity index (χ4v) is 3.27. The normalized spacial score (nSPS) is 16.4. The molecule has 1 saturated heterocycles. The van der Waals surface area contributed by atoms with Gasteiger partial charge in [0.2, 0.25) is 0 Å². The molecule has 5 nitrogen and oxygen atoms in total. The first kappa shape index (κ1) is 18.7. The van der Waals surface area contributed by atoms with Crippen LogP contribution in [0.4, 0.5) is 5.69 Å². The van der Waals surface area contributed by atoms with E-state index in [2.05, 4.69) is 64.8 Å². The Morgan fingerprint density at radius 1 is 1.15 bits per heavy atom. The van der Waals surface area contributed by atoms with E-state index in [1.54, 1.807) is 12.3 Å². The van der Waals surface area contributed by atoms with Gasteiger partial charge < -0.3 is 9.88 Å². The van der Waals surface area contributed by atoms with Crippen LogP contribution in [0.5, 0.6) is 0 Å². The highest BCUT2D eigenvalue weighted by Gasteiger charge is 2.25. The minimum Gasteiger partial charge on any atom is -0.369 e. The van der Waals surface area contributed by atoms with Gasteiger partial charge in [0, 0.05) is 37.4 Å². The van der Waals surface area contributed by atoms with Crippen LogP contribution in [-0.2, 0) is 0 Å². The van der Waals surface area contributed by atoms with Crippen LogP contribution < -0.4 is 4.90 Å². The topological polar surface area (TPSA) is 59.0 Å². The highest BCUT2D eigenvalue weighted by Crippen LogP contribution is 2.24. The molecule has 2 heterocycles. The van der Waals surface area contributed by atoms with E-state index in [-0.39, 0.29) is 10.7 Å². The number of allylic oxidation sites excluding steroid dienone is 1. The third kappa shape index (κ3) is 4.54. The predicted octanol–water partition coefficient (Wildman–Crippen LogP) is 4.23. The van der Waals surface area contributed by atoms with Crippen LogP contribution in [0.15, 0.2) is 36.5 Å². The molecule has 138 valence electrons. The van der Waals surface area contributed by atoms with Gasteiger partial charge in [0.25, 0.3) is 0 Å². The average molecular weight is 372 g/mol. The summed E-state index contributed by atoms with van der Waals surface area (Å²) >= 11 is 5.52. The quantitative estimate of drug-likeness (QED) is 0.791. The number of halogens is 1. The van der Waals surface area contributed by atoms with Crippen molar-refractivity contribution in [3.05, 3.63) is 42.4 Å². The average Bonchev–Trinajstić information content (AvgIpc) is 3.08. The molecule has 6 heteroatoms. The Balaban J connectivity index is 1.65. The molecule has 0 saturated carbocycles. The monoisotopic (exact) mass is 371 g/mol. The first-order chi connectivity index (χ1) is 12.3. The minimum absolute atomic E-state index is 0.0149. The Labute approximate surface area is 160 Å². The van der Waals surface area contributed by atoms with Crippen molar-refractivity contribution in [3.8, 4) is 11.3 Å². The molecule has 2 aromatic rings. The van der Waals surface area contributed by atoms with Gasteiger partial charge in [-0.25, -0.2) is 4.98 Å². The molecular weight excluding hydrogens is 346 g/mol. The second-order valence-electron chi connectivity index (χ2n) is 7.56. The number of imidazole rings is 1. The number of hydrogen-bond donors (Lipinski definition) is 2. The third-order valence-corrected chi connectivity index (χ3v) is 4.88. The zero-order chi connectivity index (χ0) is 18.7. The summed E-state index contributed by atoms with van der Waals surface area (Å²) in [5.74, 6) is 0.688. The lowest BCUT2D eigenvalue weighted by Gasteiger charge is -2.43. The molecule has 2 N–H and O–H groups in total. The van der Waals surface area contributed by atoms with Crippen LogP contribution in [0.3, 0.4) is 0 Å². The standard InChI is InChI=1S/C20H26ClN5/c1-20(2,3)26-12-10-25(11-13-26)16-6-4-15(5-7-16)17-14-23-19(24-17)9-8-18(21)22/h4-9,14,22H,10-13H2,1-3H3,(H,23,24)/b9-8-,22-18?. The molecular formula is C20H26ClN5. The number of rotatable bonds is 4. The molecule has 0 radical (unpaired) electrons. The van der Waals surface area contributed by atoms with Crippen molar-refractivity contribution in [1.82, 2.24) is 14.9 Å². The van der Waals surface area contributed by atoms with Crippen molar-refractivity contribution < 1.29 is 0 Å². The fraction of sp³-hybridized carbons (Fsp3) is 0.400. The van der Waals surface area contributed by atoms with Crippen LogP contribution in [-0.4, -0.2) is 51.8 Å². The molecule has 1 fully saturated rings. The van der Waals surface area contributed by atoms with E-state index in [9.17, 15) is 0 Å². The maximum Gasteiger partial charge on any atom is 0.130 e. The largest absolute Gasteiger partial charge is 0.369 e. The van der Waals surface area contributed by atoms with E-state index in [1.807, 2.05) is 0 Å². The number of anilines is 1. The molecule has 1 aromatic carbocycles. The van der Waals surface area contributed by atoms with Gasteiger partial charge in [-0.15, -0.1) is 0 Å². The lowest BCUT2D eigenvalue weighted by atomic mass is 10.0. The van der Waals surface area contributed by atoms with Crippen molar-refractivity contribution in [2.45, 2.75) is 26.3 Å². The van der Waals surface area contributed by atoms with Gasteiger partial charge in [0.15, 0.2) is 0 Å². The van der Waals surface area contributed by atoms with E-state index in [4.69, 9.17) is 17.0 Å². The van der Waals surface area contributed by atoms with Crippen LogP contribution in [0.2, 0.25) is 0 Å². The van der Waals surface area contributed by atoms with E-state index < -0.39 is 0 Å². The number of hydrogen-bond acceptors (Lipinski definition) is 4. The number of H-pyrrole nitrogens is 1. The summed E-state index contributed by atoms with van der Waals surface area (Å²) in [6.45, 7) is 11.1. The molecule has 1 aliphatic rings. The second-order valence-corrected chi connectivity index (χ2v) is 7.96. The van der Waals surface area contributed by atoms with E-state index in [0.29, 0.717) is 5.82 Å². The van der Waals surface area contributed by atoms with Gasteiger partial charge in [0.05, 0.1) is 11.9 Å². The lowest BCUT2D eigenvalue weighted by Crippen LogP contribution is -2.53. The number of aromatic amines is 1. The molecule has 0 amide bonds. The SMILES string of the molecule is CC(C)(C)N1CCN(c2ccc(-c3cnc(/C=C\C(=N)Cl)[nH]3)cc2)CC1. The van der Waals surface area contributed by atoms with Gasteiger partial charge in [-0.05, 0) is 50.6 Å². The number of nitrogens with one attached hydrogen (secondary N) is 2. The Bertz CT molecular complexity index is 777. The summed E-state index contributed by atoms with van der Waals surface area (Å²) in [5.41, 5.74) is 3.55. The second kappa shape index (κ2) is 7.64. The van der Waals surface area contributed by atoms with Crippen LogP contribution in [0, 0.1) is 5.41 Å². The maximum absolute atomic E-state index is 7.21. The predicted molar refractivity (Wildman–Crippen MR) is 110 cm³/mol. The molecule has 1 aliphatic heterocycles. The van der Waals surface area contributed by atoms with E-state index >= 15 is 0 Å². The van der Waals surface area contributed by atoms with Gasteiger partial charge in [-0.3, -0.25) is 10.3 Å². The van der Waals surface area contributed by atoms with Crippen molar-refractivity contribution >= 4 is 28.5 Å². The Kier molecular flexibility index (Phi) is 5.49. The molecule has 0 bridgehead atoms. The zero-order valence-electron chi connectivity index (χ0n) is 15.6. The van der Waals surface area contributed by atoms with Crippen molar-refractivity contribution in [2.75, 3.05) is 31.1 Å². The van der Waals surface area contributed by atoms with Gasteiger partial charge >= 0.3 is 0 Å². The summed E-state index contributed by atoms with van der Waals surface area (Å²) in [6.07, 6.45) is 5.00. The summed E-state index contributed by atoms with van der Waals surface area (Å²) in [6, 6.07) is 8.59. The van der Waals surface area contributed by atoms with Gasteiger partial charge in [0.1, 0.15) is 11.0 Å². The third-order valence-electron chi connectivity index (χ3n) is 4.75. The molecule has 26 heavy (non-hydrogen) atoms. The van der Waals surface area contributed by atoms with Crippen LogP contribution in [0.25, 0.3) is 17.3 Å². The molecule has 0 aliphatic carbocycles. The van der Waals surface area contributed by atoms with Crippen molar-refractivity contribution in [1.29, 1.82) is 5.41 Å². The number of benzene rings is 1. The van der Waals surface area contributed by atoms with Gasteiger partial charge in [-0.2, -0.15) is 0 Å².